The van der Waals surface area contributed by atoms with Gasteiger partial charge < -0.3 is 15.0 Å². The van der Waals surface area contributed by atoms with Gasteiger partial charge in [-0.05, 0) is 17.4 Å². The molecule has 12 heteroatoms. The molecular weight excluding hydrogens is 353 g/mol. The molecule has 1 saturated heterocycles. The third-order valence-electron chi connectivity index (χ3n) is 3.48. The maximum absolute atomic E-state index is 12.0. The van der Waals surface area contributed by atoms with Gasteiger partial charge in [0.15, 0.2) is 0 Å². The molecule has 0 aromatic carbocycles. The molecule has 1 amide bonds. The number of aromatic nitrogens is 4. The van der Waals surface area contributed by atoms with Crippen LogP contribution < -0.4 is 34.7 Å². The summed E-state index contributed by atoms with van der Waals surface area (Å²) in [6, 6.07) is 0. The minimum absolute atomic E-state index is 0. The molecule has 3 atom stereocenters. The number of carboxylic acid groups (broad SMARTS) is 1. The molecule has 0 unspecified atom stereocenters. The standard InChI is InChI=1S/C11H13N5O4S2.Na/c1-4(17)6-8(18)16-7(10(19)20)5(22-9(6)16)3-21-11-12-13-14-15(11)2;/h4,6,9,17H,3H2,1-2H3,(H,19,20);/q;+1/p-1/t4-,6-,9-;/m1./s1. The molecule has 1 N–H and O–H groups in total. The number of carbonyl (C=O) groups is 2. The summed E-state index contributed by atoms with van der Waals surface area (Å²) < 4.78 is 1.47. The number of tetrazole rings is 1. The number of aliphatic hydroxyl groups is 1. The van der Waals surface area contributed by atoms with E-state index in [1.807, 2.05) is 0 Å². The number of aryl methyl sites for hydroxylation is 1. The zero-order valence-electron chi connectivity index (χ0n) is 12.7. The SMILES string of the molecule is C[C@@H](O)[C@@H]1C(=O)N2C(C(=O)[O-])=C(CSc3nnnn3C)S[C@H]12.[Na+]. The van der Waals surface area contributed by atoms with Gasteiger partial charge in [-0.15, -0.1) is 16.9 Å². The number of β-lactam (4-membered cyclic amide) rings is 1. The van der Waals surface area contributed by atoms with Crippen LogP contribution in [0.2, 0.25) is 0 Å². The van der Waals surface area contributed by atoms with Crippen molar-refractivity contribution < 1.29 is 49.4 Å². The Bertz CT molecular complexity index is 679. The Morgan fingerprint density at radius 3 is 2.78 bits per heavy atom. The van der Waals surface area contributed by atoms with Crippen LogP contribution >= 0.6 is 23.5 Å². The summed E-state index contributed by atoms with van der Waals surface area (Å²) in [5.41, 5.74) is -0.112. The van der Waals surface area contributed by atoms with Crippen LogP contribution in [-0.4, -0.2) is 59.3 Å². The van der Waals surface area contributed by atoms with Crippen LogP contribution in [0.4, 0.5) is 0 Å². The number of carboxylic acids is 1. The van der Waals surface area contributed by atoms with Crippen molar-refractivity contribution in [3.8, 4) is 0 Å². The Morgan fingerprint density at radius 1 is 1.57 bits per heavy atom. The fourth-order valence-corrected chi connectivity index (χ4v) is 4.97. The van der Waals surface area contributed by atoms with Crippen LogP contribution in [0, 0.1) is 5.92 Å². The minimum Gasteiger partial charge on any atom is -0.543 e. The quantitative estimate of drug-likeness (QED) is 0.311. The van der Waals surface area contributed by atoms with Gasteiger partial charge in [0.2, 0.25) is 11.1 Å². The topological polar surface area (TPSA) is 124 Å². The Morgan fingerprint density at radius 2 is 2.26 bits per heavy atom. The number of amides is 1. The maximum Gasteiger partial charge on any atom is 1.00 e. The summed E-state index contributed by atoms with van der Waals surface area (Å²) >= 11 is 2.54. The van der Waals surface area contributed by atoms with Crippen LogP contribution in [-0.2, 0) is 16.6 Å². The second-order valence-electron chi connectivity index (χ2n) is 4.92. The van der Waals surface area contributed by atoms with Gasteiger partial charge in [0, 0.05) is 17.7 Å². The number of aliphatic hydroxyl groups excluding tert-OH is 1. The van der Waals surface area contributed by atoms with Crippen molar-refractivity contribution in [3.63, 3.8) is 0 Å². The predicted octanol–water partition coefficient (Wildman–Crippen LogP) is -4.82. The number of fused-ring (bicyclic) bond motifs is 1. The Labute approximate surface area is 162 Å². The molecule has 118 valence electrons. The number of hydrogen-bond donors (Lipinski definition) is 1. The summed E-state index contributed by atoms with van der Waals surface area (Å²) in [6.45, 7) is 1.52. The summed E-state index contributed by atoms with van der Waals surface area (Å²) in [6.07, 6.45) is -0.820. The molecule has 0 radical (unpaired) electrons. The first-order chi connectivity index (χ1) is 10.4. The fraction of sp³-hybridized carbons (Fsp3) is 0.545. The Kier molecular flexibility index (Phi) is 5.80. The van der Waals surface area contributed by atoms with Crippen molar-refractivity contribution in [1.82, 2.24) is 25.1 Å². The van der Waals surface area contributed by atoms with Crippen LogP contribution in [0.5, 0.6) is 0 Å². The molecule has 0 saturated carbocycles. The number of nitrogens with zero attached hydrogens (tertiary/aromatic N) is 5. The molecule has 0 aliphatic carbocycles. The van der Waals surface area contributed by atoms with Gasteiger partial charge in [-0.25, -0.2) is 4.68 Å². The minimum atomic E-state index is -1.39. The summed E-state index contributed by atoms with van der Waals surface area (Å²) in [7, 11) is 1.68. The van der Waals surface area contributed by atoms with Crippen LogP contribution in [0.3, 0.4) is 0 Å². The average molecular weight is 365 g/mol. The van der Waals surface area contributed by atoms with Crippen molar-refractivity contribution in [2.24, 2.45) is 13.0 Å². The molecule has 2 aliphatic rings. The summed E-state index contributed by atoms with van der Waals surface area (Å²) in [5.74, 6) is -2.04. The fourth-order valence-electron chi connectivity index (χ4n) is 2.42. The molecule has 0 bridgehead atoms. The predicted molar refractivity (Wildman–Crippen MR) is 75.0 cm³/mol. The molecule has 1 fully saturated rings. The first-order valence-electron chi connectivity index (χ1n) is 6.39. The van der Waals surface area contributed by atoms with Crippen molar-refractivity contribution in [1.29, 1.82) is 0 Å². The largest absolute Gasteiger partial charge is 1.00 e. The van der Waals surface area contributed by atoms with E-state index in [4.69, 9.17) is 0 Å². The van der Waals surface area contributed by atoms with E-state index in [0.717, 1.165) is 0 Å². The number of thioether (sulfide) groups is 2. The Hall–Kier alpha value is -0.590. The van der Waals surface area contributed by atoms with Gasteiger partial charge in [-0.2, -0.15) is 0 Å². The maximum atomic E-state index is 12.0. The van der Waals surface area contributed by atoms with E-state index in [1.54, 1.807) is 7.05 Å². The van der Waals surface area contributed by atoms with E-state index < -0.39 is 18.0 Å². The van der Waals surface area contributed by atoms with Crippen LogP contribution in [0.25, 0.3) is 0 Å². The second-order valence-corrected chi connectivity index (χ2v) is 7.07. The smallest absolute Gasteiger partial charge is 0.543 e. The normalized spacial score (nSPS) is 24.1. The monoisotopic (exact) mass is 365 g/mol. The second kappa shape index (κ2) is 7.11. The third kappa shape index (κ3) is 3.17. The van der Waals surface area contributed by atoms with E-state index in [9.17, 15) is 19.8 Å². The number of hydrogen-bond acceptors (Lipinski definition) is 9. The molecule has 3 heterocycles. The first kappa shape index (κ1) is 18.7. The zero-order valence-corrected chi connectivity index (χ0v) is 16.3. The first-order valence-corrected chi connectivity index (χ1v) is 8.25. The van der Waals surface area contributed by atoms with Crippen molar-refractivity contribution in [2.45, 2.75) is 23.6 Å². The Balaban J connectivity index is 0.00000192. The van der Waals surface area contributed by atoms with Gasteiger partial charge in [-0.1, -0.05) is 11.8 Å². The molecule has 9 nitrogen and oxygen atoms in total. The average Bonchev–Trinajstić information content (AvgIpc) is 2.97. The van der Waals surface area contributed by atoms with Gasteiger partial charge in [0.25, 0.3) is 0 Å². The number of aliphatic carboxylic acids is 1. The van der Waals surface area contributed by atoms with Crippen molar-refractivity contribution in [3.05, 3.63) is 10.6 Å². The number of carbonyl (C=O) groups excluding carboxylic acids is 2. The molecule has 1 aromatic rings. The van der Waals surface area contributed by atoms with Crippen LogP contribution in [0.1, 0.15) is 6.92 Å². The summed E-state index contributed by atoms with van der Waals surface area (Å²) in [4.78, 5) is 25.1. The van der Waals surface area contributed by atoms with Gasteiger partial charge in [-0.3, -0.25) is 9.69 Å². The molecular formula is C11H12N5NaO4S2. The third-order valence-corrected chi connectivity index (χ3v) is 6.07. The van der Waals surface area contributed by atoms with E-state index in [0.29, 0.717) is 15.8 Å². The molecule has 2 aliphatic heterocycles. The van der Waals surface area contributed by atoms with E-state index >= 15 is 0 Å². The van der Waals surface area contributed by atoms with Gasteiger partial charge in [0.05, 0.1) is 23.7 Å². The molecule has 23 heavy (non-hydrogen) atoms. The van der Waals surface area contributed by atoms with Crippen molar-refractivity contribution >= 4 is 35.4 Å². The number of rotatable bonds is 5. The zero-order chi connectivity index (χ0) is 16.0. The molecule has 0 spiro atoms. The molecule has 3 rings (SSSR count). The van der Waals surface area contributed by atoms with Gasteiger partial charge >= 0.3 is 29.6 Å². The van der Waals surface area contributed by atoms with Crippen molar-refractivity contribution in [2.75, 3.05) is 5.75 Å². The van der Waals surface area contributed by atoms with Gasteiger partial charge in [0.1, 0.15) is 5.37 Å². The van der Waals surface area contributed by atoms with E-state index in [-0.39, 0.29) is 46.5 Å². The molecule has 1 aromatic heterocycles. The van der Waals surface area contributed by atoms with Crippen LogP contribution in [0.15, 0.2) is 15.8 Å². The van der Waals surface area contributed by atoms with E-state index in [1.165, 1.54) is 40.0 Å². The summed E-state index contributed by atoms with van der Waals surface area (Å²) in [5, 5.41) is 32.2. The van der Waals surface area contributed by atoms with E-state index in [2.05, 4.69) is 15.5 Å².